The quantitative estimate of drug-likeness (QED) is 0.260. The number of hydrogen-bond donors (Lipinski definition) is 0. The summed E-state index contributed by atoms with van der Waals surface area (Å²) in [5.74, 6) is 1.96. The number of rotatable bonds is 12. The van der Waals surface area contributed by atoms with Gasteiger partial charge in [-0.25, -0.2) is 0 Å². The maximum absolute atomic E-state index is 11.2. The minimum atomic E-state index is -0.152. The molecule has 0 saturated heterocycles. The SMILES string of the molecule is CCOc1cc(C=Cc2cccc(CCCCC(=O)OC)c2)c(OC)c(OCC)c1. The van der Waals surface area contributed by atoms with Crippen LogP contribution in [0.3, 0.4) is 0 Å². The molecule has 5 heteroatoms. The van der Waals surface area contributed by atoms with Crippen LogP contribution in [0.1, 0.15) is 49.8 Å². The van der Waals surface area contributed by atoms with Crippen molar-refractivity contribution in [2.75, 3.05) is 27.4 Å². The van der Waals surface area contributed by atoms with Crippen LogP contribution >= 0.6 is 0 Å². The van der Waals surface area contributed by atoms with Crippen molar-refractivity contribution in [2.45, 2.75) is 39.5 Å². The lowest BCUT2D eigenvalue weighted by atomic mass is 10.0. The second-order valence-electron chi connectivity index (χ2n) is 6.77. The molecule has 0 amide bonds. The van der Waals surface area contributed by atoms with Crippen molar-refractivity contribution < 1.29 is 23.7 Å². The van der Waals surface area contributed by atoms with E-state index in [1.165, 1.54) is 12.7 Å². The molecule has 0 aromatic heterocycles. The average molecular weight is 413 g/mol. The molecule has 0 atom stereocenters. The summed E-state index contributed by atoms with van der Waals surface area (Å²) in [5, 5.41) is 0. The first-order valence-electron chi connectivity index (χ1n) is 10.4. The average Bonchev–Trinajstić information content (AvgIpc) is 2.76. The molecule has 0 fully saturated rings. The number of ether oxygens (including phenoxy) is 4. The van der Waals surface area contributed by atoms with Gasteiger partial charge in [-0.15, -0.1) is 0 Å². The Balaban J connectivity index is 2.15. The number of hydrogen-bond acceptors (Lipinski definition) is 5. The van der Waals surface area contributed by atoms with Gasteiger partial charge < -0.3 is 18.9 Å². The van der Waals surface area contributed by atoms with Crippen molar-refractivity contribution in [3.05, 3.63) is 53.1 Å². The van der Waals surface area contributed by atoms with Crippen LogP contribution in [0.25, 0.3) is 12.2 Å². The number of carbonyl (C=O) groups is 1. The van der Waals surface area contributed by atoms with Gasteiger partial charge >= 0.3 is 5.97 Å². The zero-order valence-corrected chi connectivity index (χ0v) is 18.4. The predicted molar refractivity (Wildman–Crippen MR) is 120 cm³/mol. The van der Waals surface area contributed by atoms with Gasteiger partial charge in [0.15, 0.2) is 11.5 Å². The Morgan fingerprint density at radius 1 is 0.967 bits per heavy atom. The van der Waals surface area contributed by atoms with Crippen LogP contribution < -0.4 is 14.2 Å². The number of benzene rings is 2. The van der Waals surface area contributed by atoms with E-state index in [2.05, 4.69) is 35.1 Å². The summed E-state index contributed by atoms with van der Waals surface area (Å²) < 4.78 is 21.7. The molecule has 2 aromatic rings. The lowest BCUT2D eigenvalue weighted by Crippen LogP contribution is -2.00. The fraction of sp³-hybridized carbons (Fsp3) is 0.400. The molecule has 162 valence electrons. The topological polar surface area (TPSA) is 54.0 Å². The van der Waals surface area contributed by atoms with Crippen LogP contribution in [0.2, 0.25) is 0 Å². The highest BCUT2D eigenvalue weighted by atomic mass is 16.5. The van der Waals surface area contributed by atoms with Crippen molar-refractivity contribution in [3.8, 4) is 17.2 Å². The fourth-order valence-electron chi connectivity index (χ4n) is 3.19. The maximum atomic E-state index is 11.2. The van der Waals surface area contributed by atoms with E-state index in [4.69, 9.17) is 14.2 Å². The number of unbranched alkanes of at least 4 members (excludes halogenated alkanes) is 1. The Morgan fingerprint density at radius 2 is 1.77 bits per heavy atom. The van der Waals surface area contributed by atoms with E-state index in [0.717, 1.165) is 36.1 Å². The first-order valence-corrected chi connectivity index (χ1v) is 10.4. The smallest absolute Gasteiger partial charge is 0.305 e. The maximum Gasteiger partial charge on any atom is 0.305 e. The monoisotopic (exact) mass is 412 g/mol. The largest absolute Gasteiger partial charge is 0.494 e. The Labute approximate surface area is 179 Å². The second kappa shape index (κ2) is 12.6. The van der Waals surface area contributed by atoms with Gasteiger partial charge in [-0.1, -0.05) is 36.4 Å². The van der Waals surface area contributed by atoms with E-state index in [-0.39, 0.29) is 5.97 Å². The standard InChI is InChI=1S/C25H32O5/c1-5-29-22-17-21(25(28-4)23(18-22)30-6-2)15-14-20-12-9-11-19(16-20)10-7-8-13-24(26)27-3/h9,11-12,14-18H,5-8,10,13H2,1-4H3. The van der Waals surface area contributed by atoms with Crippen molar-refractivity contribution in [1.82, 2.24) is 0 Å². The van der Waals surface area contributed by atoms with E-state index in [9.17, 15) is 4.79 Å². The van der Waals surface area contributed by atoms with Gasteiger partial charge in [-0.2, -0.15) is 0 Å². The molecule has 0 aliphatic carbocycles. The summed E-state index contributed by atoms with van der Waals surface area (Å²) >= 11 is 0. The number of methoxy groups -OCH3 is 2. The molecular formula is C25H32O5. The highest BCUT2D eigenvalue weighted by molar-refractivity contribution is 5.75. The molecular weight excluding hydrogens is 380 g/mol. The summed E-state index contributed by atoms with van der Waals surface area (Å²) in [6.45, 7) is 5.03. The van der Waals surface area contributed by atoms with Crippen molar-refractivity contribution >= 4 is 18.1 Å². The molecule has 0 aliphatic heterocycles. The third kappa shape index (κ3) is 7.14. The molecule has 30 heavy (non-hydrogen) atoms. The van der Waals surface area contributed by atoms with Gasteiger partial charge in [0.1, 0.15) is 5.75 Å². The first kappa shape index (κ1) is 23.3. The predicted octanol–water partition coefficient (Wildman–Crippen LogP) is 5.55. The highest BCUT2D eigenvalue weighted by Crippen LogP contribution is 2.37. The molecule has 0 unspecified atom stereocenters. The third-order valence-electron chi connectivity index (χ3n) is 4.60. The van der Waals surface area contributed by atoms with Crippen LogP contribution in [-0.2, 0) is 16.0 Å². The van der Waals surface area contributed by atoms with Crippen LogP contribution in [0.15, 0.2) is 36.4 Å². The molecule has 2 aromatic carbocycles. The molecule has 5 nitrogen and oxygen atoms in total. The molecule has 0 N–H and O–H groups in total. The number of carbonyl (C=O) groups excluding carboxylic acids is 1. The van der Waals surface area contributed by atoms with Crippen LogP contribution in [0, 0.1) is 0 Å². The van der Waals surface area contributed by atoms with Gasteiger partial charge in [-0.05, 0) is 50.3 Å². The van der Waals surface area contributed by atoms with Gasteiger partial charge in [-0.3, -0.25) is 4.79 Å². The van der Waals surface area contributed by atoms with E-state index >= 15 is 0 Å². The van der Waals surface area contributed by atoms with Gasteiger partial charge in [0, 0.05) is 18.1 Å². The van der Waals surface area contributed by atoms with Gasteiger partial charge in [0.2, 0.25) is 0 Å². The summed E-state index contributed by atoms with van der Waals surface area (Å²) in [7, 11) is 3.07. The highest BCUT2D eigenvalue weighted by Gasteiger charge is 2.12. The Kier molecular flexibility index (Phi) is 9.78. The van der Waals surface area contributed by atoms with Gasteiger partial charge in [0.25, 0.3) is 0 Å². The molecule has 0 heterocycles. The minimum Gasteiger partial charge on any atom is -0.494 e. The van der Waals surface area contributed by atoms with Crippen molar-refractivity contribution in [2.24, 2.45) is 0 Å². The van der Waals surface area contributed by atoms with E-state index < -0.39 is 0 Å². The van der Waals surface area contributed by atoms with Crippen LogP contribution in [0.5, 0.6) is 17.2 Å². The molecule has 0 aliphatic rings. The Hall–Kier alpha value is -2.95. The van der Waals surface area contributed by atoms with E-state index in [1.54, 1.807) is 7.11 Å². The molecule has 2 rings (SSSR count). The van der Waals surface area contributed by atoms with Crippen molar-refractivity contribution in [3.63, 3.8) is 0 Å². The van der Waals surface area contributed by atoms with E-state index in [0.29, 0.717) is 31.1 Å². The summed E-state index contributed by atoms with van der Waals surface area (Å²) in [6, 6.07) is 12.2. The second-order valence-corrected chi connectivity index (χ2v) is 6.77. The minimum absolute atomic E-state index is 0.152. The zero-order valence-electron chi connectivity index (χ0n) is 18.4. The summed E-state index contributed by atoms with van der Waals surface area (Å²) in [6.07, 6.45) is 7.24. The summed E-state index contributed by atoms with van der Waals surface area (Å²) in [4.78, 5) is 11.2. The molecule has 0 spiro atoms. The van der Waals surface area contributed by atoms with E-state index in [1.807, 2.05) is 32.1 Å². The molecule has 0 saturated carbocycles. The third-order valence-corrected chi connectivity index (χ3v) is 4.60. The lowest BCUT2D eigenvalue weighted by Gasteiger charge is -2.14. The first-order chi connectivity index (χ1) is 14.6. The lowest BCUT2D eigenvalue weighted by molar-refractivity contribution is -0.140. The Bertz CT molecular complexity index is 841. The van der Waals surface area contributed by atoms with Crippen LogP contribution in [0.4, 0.5) is 0 Å². The zero-order chi connectivity index (χ0) is 21.8. The fourth-order valence-corrected chi connectivity index (χ4v) is 3.19. The van der Waals surface area contributed by atoms with Crippen molar-refractivity contribution in [1.29, 1.82) is 0 Å². The van der Waals surface area contributed by atoms with Gasteiger partial charge in [0.05, 0.1) is 27.4 Å². The number of aryl methyl sites for hydroxylation is 1. The molecule has 0 radical (unpaired) electrons. The van der Waals surface area contributed by atoms with Crippen LogP contribution in [-0.4, -0.2) is 33.4 Å². The molecule has 0 bridgehead atoms. The Morgan fingerprint density at radius 3 is 2.47 bits per heavy atom. The number of esters is 1. The summed E-state index contributed by atoms with van der Waals surface area (Å²) in [5.41, 5.74) is 3.24. The normalized spacial score (nSPS) is 10.8.